The topological polar surface area (TPSA) is 0 Å². The SMILES string of the molecule is Cc1ccc(-c2ccc(F)c(Cl)c2)cc1. The second-order valence-electron chi connectivity index (χ2n) is 3.49. The third-order valence-electron chi connectivity index (χ3n) is 2.30. The van der Waals surface area contributed by atoms with Gasteiger partial charge in [-0.05, 0) is 30.2 Å². The second kappa shape index (κ2) is 4.03. The highest BCUT2D eigenvalue weighted by atomic mass is 35.5. The van der Waals surface area contributed by atoms with Crippen molar-refractivity contribution in [1.29, 1.82) is 0 Å². The van der Waals surface area contributed by atoms with Crippen LogP contribution in [0, 0.1) is 12.7 Å². The van der Waals surface area contributed by atoms with E-state index in [-0.39, 0.29) is 10.8 Å². The van der Waals surface area contributed by atoms with Gasteiger partial charge in [0.25, 0.3) is 0 Å². The summed E-state index contributed by atoms with van der Waals surface area (Å²) < 4.78 is 12.9. The quantitative estimate of drug-likeness (QED) is 0.666. The average molecular weight is 221 g/mol. The van der Waals surface area contributed by atoms with E-state index in [1.165, 1.54) is 11.6 Å². The summed E-state index contributed by atoms with van der Waals surface area (Å²) in [5, 5.41) is 0.160. The number of halogens is 2. The van der Waals surface area contributed by atoms with Gasteiger partial charge in [0.1, 0.15) is 5.82 Å². The van der Waals surface area contributed by atoms with E-state index in [2.05, 4.69) is 0 Å². The molecule has 0 N–H and O–H groups in total. The lowest BCUT2D eigenvalue weighted by Gasteiger charge is -2.03. The van der Waals surface area contributed by atoms with Crippen LogP contribution in [0.15, 0.2) is 42.5 Å². The third kappa shape index (κ3) is 2.18. The molecule has 0 aliphatic carbocycles. The van der Waals surface area contributed by atoms with Crippen LogP contribution >= 0.6 is 11.6 Å². The molecule has 0 aromatic heterocycles. The van der Waals surface area contributed by atoms with E-state index in [0.717, 1.165) is 11.1 Å². The Hall–Kier alpha value is -1.34. The molecule has 76 valence electrons. The van der Waals surface area contributed by atoms with Crippen molar-refractivity contribution in [2.75, 3.05) is 0 Å². The molecule has 15 heavy (non-hydrogen) atoms. The van der Waals surface area contributed by atoms with E-state index in [0.29, 0.717) is 0 Å². The summed E-state index contributed by atoms with van der Waals surface area (Å²) in [4.78, 5) is 0. The first kappa shape index (κ1) is 10.2. The van der Waals surface area contributed by atoms with Crippen molar-refractivity contribution < 1.29 is 4.39 Å². The highest BCUT2D eigenvalue weighted by molar-refractivity contribution is 6.31. The van der Waals surface area contributed by atoms with E-state index in [4.69, 9.17) is 11.6 Å². The predicted molar refractivity (Wildman–Crippen MR) is 61.6 cm³/mol. The fourth-order valence-corrected chi connectivity index (χ4v) is 1.60. The van der Waals surface area contributed by atoms with Crippen LogP contribution in [0.5, 0.6) is 0 Å². The van der Waals surface area contributed by atoms with Crippen LogP contribution in [-0.4, -0.2) is 0 Å². The molecule has 0 saturated carbocycles. The van der Waals surface area contributed by atoms with Crippen LogP contribution in [0.4, 0.5) is 4.39 Å². The summed E-state index contributed by atoms with van der Waals surface area (Å²) in [6.07, 6.45) is 0. The Bertz CT molecular complexity index is 474. The molecule has 0 aliphatic rings. The maximum absolute atomic E-state index is 12.9. The fraction of sp³-hybridized carbons (Fsp3) is 0.0769. The van der Waals surface area contributed by atoms with E-state index in [1.54, 1.807) is 12.1 Å². The minimum absolute atomic E-state index is 0.160. The number of benzene rings is 2. The maximum Gasteiger partial charge on any atom is 0.141 e. The van der Waals surface area contributed by atoms with Gasteiger partial charge in [0.15, 0.2) is 0 Å². The maximum atomic E-state index is 12.9. The lowest BCUT2D eigenvalue weighted by molar-refractivity contribution is 0.628. The number of rotatable bonds is 1. The molecule has 0 aliphatic heterocycles. The van der Waals surface area contributed by atoms with E-state index < -0.39 is 0 Å². The highest BCUT2D eigenvalue weighted by Gasteiger charge is 2.02. The largest absolute Gasteiger partial charge is 0.205 e. The van der Waals surface area contributed by atoms with Crippen LogP contribution in [0.25, 0.3) is 11.1 Å². The molecule has 0 fully saturated rings. The van der Waals surface area contributed by atoms with Crippen LogP contribution < -0.4 is 0 Å². The molecular formula is C13H10ClF. The predicted octanol–water partition coefficient (Wildman–Crippen LogP) is 4.45. The van der Waals surface area contributed by atoms with Gasteiger partial charge in [-0.3, -0.25) is 0 Å². The number of aryl methyl sites for hydroxylation is 1. The molecule has 0 bridgehead atoms. The lowest BCUT2D eigenvalue weighted by atomic mass is 10.0. The van der Waals surface area contributed by atoms with Crippen LogP contribution in [-0.2, 0) is 0 Å². The second-order valence-corrected chi connectivity index (χ2v) is 3.90. The van der Waals surface area contributed by atoms with Gasteiger partial charge in [0.05, 0.1) is 5.02 Å². The summed E-state index contributed by atoms with van der Waals surface area (Å²) >= 11 is 5.72. The minimum atomic E-state index is -0.382. The molecular weight excluding hydrogens is 211 g/mol. The van der Waals surface area contributed by atoms with Crippen molar-refractivity contribution in [3.63, 3.8) is 0 Å². The van der Waals surface area contributed by atoms with E-state index in [1.807, 2.05) is 31.2 Å². The van der Waals surface area contributed by atoms with Crippen molar-refractivity contribution in [3.8, 4) is 11.1 Å². The Labute approximate surface area is 93.3 Å². The third-order valence-corrected chi connectivity index (χ3v) is 2.59. The van der Waals surface area contributed by atoms with Gasteiger partial charge in [0, 0.05) is 0 Å². The van der Waals surface area contributed by atoms with Crippen LogP contribution in [0.1, 0.15) is 5.56 Å². The summed E-state index contributed by atoms with van der Waals surface area (Å²) in [5.74, 6) is -0.382. The molecule has 0 nitrogen and oxygen atoms in total. The first-order valence-corrected chi connectivity index (χ1v) is 5.07. The zero-order valence-corrected chi connectivity index (χ0v) is 9.05. The van der Waals surface area contributed by atoms with Gasteiger partial charge in [-0.2, -0.15) is 0 Å². The van der Waals surface area contributed by atoms with Crippen molar-refractivity contribution in [3.05, 3.63) is 58.9 Å². The van der Waals surface area contributed by atoms with Gasteiger partial charge in [-0.25, -0.2) is 4.39 Å². The lowest BCUT2D eigenvalue weighted by Crippen LogP contribution is -1.81. The zero-order chi connectivity index (χ0) is 10.8. The zero-order valence-electron chi connectivity index (χ0n) is 8.30. The summed E-state index contributed by atoms with van der Waals surface area (Å²) in [5.41, 5.74) is 3.18. The molecule has 0 unspecified atom stereocenters. The Morgan fingerprint density at radius 1 is 0.933 bits per heavy atom. The first-order valence-electron chi connectivity index (χ1n) is 4.69. The minimum Gasteiger partial charge on any atom is -0.205 e. The van der Waals surface area contributed by atoms with Gasteiger partial charge >= 0.3 is 0 Å². The molecule has 2 aromatic carbocycles. The highest BCUT2D eigenvalue weighted by Crippen LogP contribution is 2.24. The average Bonchev–Trinajstić information content (AvgIpc) is 2.23. The van der Waals surface area contributed by atoms with Gasteiger partial charge in [-0.15, -0.1) is 0 Å². The van der Waals surface area contributed by atoms with Crippen molar-refractivity contribution in [2.24, 2.45) is 0 Å². The smallest absolute Gasteiger partial charge is 0.141 e. The van der Waals surface area contributed by atoms with Crippen LogP contribution in [0.3, 0.4) is 0 Å². The van der Waals surface area contributed by atoms with Gasteiger partial charge < -0.3 is 0 Å². The Morgan fingerprint density at radius 2 is 1.53 bits per heavy atom. The molecule has 0 heterocycles. The number of hydrogen-bond donors (Lipinski definition) is 0. The van der Waals surface area contributed by atoms with Crippen LogP contribution in [0.2, 0.25) is 5.02 Å². The van der Waals surface area contributed by atoms with Crippen molar-refractivity contribution >= 4 is 11.6 Å². The van der Waals surface area contributed by atoms with Crippen molar-refractivity contribution in [1.82, 2.24) is 0 Å². The monoisotopic (exact) mass is 220 g/mol. The summed E-state index contributed by atoms with van der Waals surface area (Å²) in [6, 6.07) is 12.8. The molecule has 0 atom stereocenters. The summed E-state index contributed by atoms with van der Waals surface area (Å²) in [7, 11) is 0. The summed E-state index contributed by atoms with van der Waals surface area (Å²) in [6.45, 7) is 2.03. The molecule has 0 radical (unpaired) electrons. The standard InChI is InChI=1S/C13H10ClF/c1-9-2-4-10(5-3-9)11-6-7-13(15)12(14)8-11/h2-8H,1H3. The molecule has 0 amide bonds. The van der Waals surface area contributed by atoms with E-state index >= 15 is 0 Å². The molecule has 2 rings (SSSR count). The van der Waals surface area contributed by atoms with E-state index in [9.17, 15) is 4.39 Å². The Morgan fingerprint density at radius 3 is 2.13 bits per heavy atom. The van der Waals surface area contributed by atoms with Gasteiger partial charge in [0.2, 0.25) is 0 Å². The van der Waals surface area contributed by atoms with Gasteiger partial charge in [-0.1, -0.05) is 47.5 Å². The Balaban J connectivity index is 2.45. The molecule has 2 aromatic rings. The fourth-order valence-electron chi connectivity index (χ4n) is 1.42. The van der Waals surface area contributed by atoms with Crippen molar-refractivity contribution in [2.45, 2.75) is 6.92 Å². The number of hydrogen-bond acceptors (Lipinski definition) is 0. The molecule has 0 saturated heterocycles. The molecule has 0 spiro atoms. The Kier molecular flexibility index (Phi) is 2.74. The first-order chi connectivity index (χ1) is 7.16. The molecule has 2 heteroatoms. The normalized spacial score (nSPS) is 10.3.